The maximum Gasteiger partial charge on any atom is 0.238 e. The molecule has 3 aliphatic rings. The van der Waals surface area contributed by atoms with Gasteiger partial charge in [0, 0.05) is 33.3 Å². The van der Waals surface area contributed by atoms with Crippen molar-refractivity contribution in [1.82, 2.24) is 9.80 Å². The van der Waals surface area contributed by atoms with Crippen molar-refractivity contribution in [1.29, 1.82) is 0 Å². The maximum atomic E-state index is 13.7. The molecule has 0 aliphatic carbocycles. The predicted molar refractivity (Wildman–Crippen MR) is 170 cm³/mol. The monoisotopic (exact) mass is 740 g/mol. The fourth-order valence-electron chi connectivity index (χ4n) is 7.15. The number of carbonyl (C=O) groups is 2. The summed E-state index contributed by atoms with van der Waals surface area (Å²) < 4.78 is 2.22. The summed E-state index contributed by atoms with van der Waals surface area (Å²) in [5.41, 5.74) is 1.37. The zero-order chi connectivity index (χ0) is 27.2. The minimum absolute atomic E-state index is 0.0689. The lowest BCUT2D eigenvalue weighted by atomic mass is 9.68. The summed E-state index contributed by atoms with van der Waals surface area (Å²) in [7, 11) is 0. The molecule has 2 atom stereocenters. The van der Waals surface area contributed by atoms with Crippen molar-refractivity contribution in [2.24, 2.45) is 10.8 Å². The number of β-lactam (4-membered cyclic amide) rings is 2. The maximum absolute atomic E-state index is 13.7. The van der Waals surface area contributed by atoms with Crippen LogP contribution >= 0.6 is 45.2 Å². The molecule has 204 valence electrons. The summed E-state index contributed by atoms with van der Waals surface area (Å²) >= 11 is 4.70. The normalized spacial score (nSPS) is 25.3. The van der Waals surface area contributed by atoms with Crippen molar-refractivity contribution < 1.29 is 9.59 Å². The smallest absolute Gasteiger partial charge is 0.238 e. The summed E-state index contributed by atoms with van der Waals surface area (Å²) in [5.74, 6) is 0.508. The lowest BCUT2D eigenvalue weighted by molar-refractivity contribution is -0.157. The Bertz CT molecular complexity index is 1110. The summed E-state index contributed by atoms with van der Waals surface area (Å²) in [6.07, 6.45) is 3.52. The molecule has 0 N–H and O–H groups in total. The van der Waals surface area contributed by atoms with Crippen LogP contribution in [0.15, 0.2) is 48.5 Å². The molecule has 8 heteroatoms. The molecular formula is C30H38I2N4O2. The number of hydrogen-bond donors (Lipinski definition) is 0. The minimum Gasteiger partial charge on any atom is -0.293 e. The third kappa shape index (κ3) is 4.06. The van der Waals surface area contributed by atoms with E-state index in [4.69, 9.17) is 0 Å². The molecule has 2 aromatic carbocycles. The van der Waals surface area contributed by atoms with Gasteiger partial charge in [-0.3, -0.25) is 29.2 Å². The van der Waals surface area contributed by atoms with Gasteiger partial charge in [-0.15, -0.1) is 0 Å². The van der Waals surface area contributed by atoms with Crippen LogP contribution in [0.2, 0.25) is 0 Å². The largest absolute Gasteiger partial charge is 0.293 e. The summed E-state index contributed by atoms with van der Waals surface area (Å²) in [6, 6.07) is 16.4. The highest BCUT2D eigenvalue weighted by molar-refractivity contribution is 14.1. The number of nitrogens with zero attached hydrogens (tertiary/aromatic N) is 4. The molecule has 6 nitrogen and oxygen atoms in total. The van der Waals surface area contributed by atoms with Crippen LogP contribution in [0.4, 0.5) is 11.4 Å². The number of rotatable bonds is 8. The fraction of sp³-hybridized carbons (Fsp3) is 0.533. The second-order valence-corrected chi connectivity index (χ2v) is 13.1. The molecule has 0 saturated carbocycles. The van der Waals surface area contributed by atoms with Crippen LogP contribution in [0.1, 0.15) is 53.4 Å². The lowest BCUT2D eigenvalue weighted by Gasteiger charge is -2.63. The topological polar surface area (TPSA) is 47.1 Å². The van der Waals surface area contributed by atoms with Crippen molar-refractivity contribution in [3.8, 4) is 0 Å². The van der Waals surface area contributed by atoms with Gasteiger partial charge in [0.25, 0.3) is 0 Å². The van der Waals surface area contributed by atoms with Gasteiger partial charge in [-0.25, -0.2) is 0 Å². The van der Waals surface area contributed by atoms with E-state index < -0.39 is 0 Å². The van der Waals surface area contributed by atoms with E-state index in [2.05, 4.69) is 117 Å². The highest BCUT2D eigenvalue weighted by Gasteiger charge is 2.64. The molecular weight excluding hydrogens is 702 g/mol. The molecule has 38 heavy (non-hydrogen) atoms. The van der Waals surface area contributed by atoms with Crippen LogP contribution in [0.25, 0.3) is 0 Å². The van der Waals surface area contributed by atoms with E-state index in [0.29, 0.717) is 0 Å². The molecule has 3 fully saturated rings. The zero-order valence-corrected chi connectivity index (χ0v) is 27.1. The van der Waals surface area contributed by atoms with Crippen LogP contribution in [-0.2, 0) is 9.59 Å². The van der Waals surface area contributed by atoms with Crippen molar-refractivity contribution >= 4 is 68.4 Å². The Kier molecular flexibility index (Phi) is 8.17. The molecule has 0 bridgehead atoms. The van der Waals surface area contributed by atoms with E-state index in [1.807, 2.05) is 24.3 Å². The third-order valence-corrected chi connectivity index (χ3v) is 11.4. The number of piperazine rings is 1. The molecule has 2 aromatic rings. The number of para-hydroxylation sites is 2. The van der Waals surface area contributed by atoms with E-state index in [9.17, 15) is 9.59 Å². The quantitative estimate of drug-likeness (QED) is 0.240. The van der Waals surface area contributed by atoms with E-state index in [-0.39, 0.29) is 35.0 Å². The summed E-state index contributed by atoms with van der Waals surface area (Å²) in [6.45, 7) is 12.2. The highest BCUT2D eigenvalue weighted by atomic mass is 127. The Morgan fingerprint density at radius 2 is 0.947 bits per heavy atom. The average Bonchev–Trinajstić information content (AvgIpc) is 2.94. The van der Waals surface area contributed by atoms with Crippen molar-refractivity contribution in [2.75, 3.05) is 36.0 Å². The molecule has 3 saturated heterocycles. The first-order valence-electron chi connectivity index (χ1n) is 14.0. The zero-order valence-electron chi connectivity index (χ0n) is 22.8. The van der Waals surface area contributed by atoms with E-state index >= 15 is 0 Å². The minimum atomic E-state index is -0.337. The summed E-state index contributed by atoms with van der Waals surface area (Å²) in [5, 5.41) is 0. The second-order valence-electron chi connectivity index (χ2n) is 10.8. The number of carbonyl (C=O) groups excluding carboxylic acids is 2. The van der Waals surface area contributed by atoms with E-state index in [1.54, 1.807) is 0 Å². The molecule has 3 aliphatic heterocycles. The van der Waals surface area contributed by atoms with Crippen LogP contribution in [0.3, 0.4) is 0 Å². The first-order valence-corrected chi connectivity index (χ1v) is 16.1. The Hall–Kier alpha value is -1.24. The van der Waals surface area contributed by atoms with Gasteiger partial charge in [-0.1, -0.05) is 52.0 Å². The first-order chi connectivity index (χ1) is 18.3. The van der Waals surface area contributed by atoms with E-state index in [0.717, 1.165) is 70.4 Å². The number of amides is 2. The fourth-order valence-corrected chi connectivity index (χ4v) is 8.44. The summed E-state index contributed by atoms with van der Waals surface area (Å²) in [4.78, 5) is 36.5. The Morgan fingerprint density at radius 3 is 1.24 bits per heavy atom. The SMILES string of the molecule is CCC1(CC)C(=O)N(c2ccccc2I)C1N1CCN(C2N(c3ccccc3I)C(=O)C2(CC)CC)CC1. The predicted octanol–water partition coefficient (Wildman–Crippen LogP) is 6.17. The van der Waals surface area contributed by atoms with Gasteiger partial charge >= 0.3 is 0 Å². The number of halogens is 2. The van der Waals surface area contributed by atoms with Crippen molar-refractivity contribution in [2.45, 2.75) is 65.7 Å². The van der Waals surface area contributed by atoms with Gasteiger partial charge in [0.05, 0.1) is 22.2 Å². The second kappa shape index (κ2) is 11.0. The Balaban J connectivity index is 1.41. The molecule has 5 rings (SSSR count). The Labute approximate surface area is 254 Å². The lowest BCUT2D eigenvalue weighted by Crippen LogP contribution is -2.79. The van der Waals surface area contributed by atoms with Crippen molar-refractivity contribution in [3.05, 3.63) is 55.7 Å². The van der Waals surface area contributed by atoms with Crippen LogP contribution in [0, 0.1) is 18.0 Å². The average molecular weight is 740 g/mol. The van der Waals surface area contributed by atoms with Gasteiger partial charge in [0.2, 0.25) is 11.8 Å². The first kappa shape index (κ1) is 28.3. The number of anilines is 2. The highest BCUT2D eigenvalue weighted by Crippen LogP contribution is 2.52. The number of hydrogen-bond acceptors (Lipinski definition) is 4. The van der Waals surface area contributed by atoms with Crippen LogP contribution < -0.4 is 9.80 Å². The molecule has 0 aromatic heterocycles. The number of benzene rings is 2. The molecule has 0 spiro atoms. The van der Waals surface area contributed by atoms with Gasteiger partial charge in [0.15, 0.2) is 0 Å². The van der Waals surface area contributed by atoms with Gasteiger partial charge in [-0.05, 0) is 95.1 Å². The third-order valence-electron chi connectivity index (χ3n) is 9.56. The molecule has 3 heterocycles. The Morgan fingerprint density at radius 1 is 0.632 bits per heavy atom. The van der Waals surface area contributed by atoms with Crippen molar-refractivity contribution in [3.63, 3.8) is 0 Å². The van der Waals surface area contributed by atoms with Crippen LogP contribution in [0.5, 0.6) is 0 Å². The van der Waals surface area contributed by atoms with Gasteiger partial charge in [0.1, 0.15) is 12.3 Å². The standard InChI is InChI=1S/C30H38I2N4O2/c1-5-29(6-2)25(35(27(29)37)23-15-11-9-13-21(23)31)33-17-19-34(20-18-33)26-30(7-3,8-4)28(38)36(26)24-16-12-10-14-22(24)32/h9-16,25-26H,5-8,17-20H2,1-4H3. The van der Waals surface area contributed by atoms with E-state index in [1.165, 1.54) is 0 Å². The van der Waals surface area contributed by atoms with Crippen LogP contribution in [-0.4, -0.2) is 60.1 Å². The van der Waals surface area contributed by atoms with Gasteiger partial charge < -0.3 is 0 Å². The molecule has 2 unspecified atom stereocenters. The molecule has 2 amide bonds. The van der Waals surface area contributed by atoms with Gasteiger partial charge in [-0.2, -0.15) is 0 Å². The molecule has 0 radical (unpaired) electrons.